The Labute approximate surface area is 146 Å². The first-order valence-electron chi connectivity index (χ1n) is 7.67. The van der Waals surface area contributed by atoms with Gasteiger partial charge < -0.3 is 0 Å². The van der Waals surface area contributed by atoms with E-state index in [9.17, 15) is 21.2 Å². The molecule has 1 N–H and O–H groups in total. The Hall–Kier alpha value is -2.13. The molecule has 134 valence electrons. The number of hydrogen-bond acceptors (Lipinski definition) is 4. The first kappa shape index (κ1) is 17.7. The van der Waals surface area contributed by atoms with Gasteiger partial charge in [0.25, 0.3) is 10.0 Å². The monoisotopic (exact) mass is 384 g/mol. The average Bonchev–Trinajstić information content (AvgIpc) is 2.54. The van der Waals surface area contributed by atoms with Gasteiger partial charge in [0.1, 0.15) is 5.82 Å². The predicted molar refractivity (Wildman–Crippen MR) is 94.0 cm³/mol. The maximum Gasteiger partial charge on any atom is 0.261 e. The van der Waals surface area contributed by atoms with Crippen molar-refractivity contribution in [2.75, 3.05) is 21.3 Å². The Morgan fingerprint density at radius 3 is 2.44 bits per heavy atom. The number of rotatable bonds is 4. The molecule has 0 aromatic heterocycles. The first-order valence-corrected chi connectivity index (χ1v) is 10.8. The smallest absolute Gasteiger partial charge is 0.261 e. The Morgan fingerprint density at radius 2 is 1.76 bits per heavy atom. The molecule has 0 amide bonds. The molecule has 0 saturated carbocycles. The molecule has 0 spiro atoms. The van der Waals surface area contributed by atoms with Gasteiger partial charge in [0.05, 0.1) is 22.0 Å². The molecule has 0 radical (unpaired) electrons. The van der Waals surface area contributed by atoms with E-state index in [0.717, 1.165) is 30.7 Å². The quantitative estimate of drug-likeness (QED) is 0.878. The summed E-state index contributed by atoms with van der Waals surface area (Å²) in [4.78, 5) is -0.0788. The van der Waals surface area contributed by atoms with E-state index in [0.29, 0.717) is 18.7 Å². The third kappa shape index (κ3) is 3.93. The van der Waals surface area contributed by atoms with Gasteiger partial charge in [-0.15, -0.1) is 0 Å². The van der Waals surface area contributed by atoms with Crippen LogP contribution in [0.1, 0.15) is 12.8 Å². The zero-order chi connectivity index (χ0) is 18.1. The van der Waals surface area contributed by atoms with Gasteiger partial charge in [-0.1, -0.05) is 6.07 Å². The van der Waals surface area contributed by atoms with Crippen LogP contribution in [-0.4, -0.2) is 29.1 Å². The highest BCUT2D eigenvalue weighted by Crippen LogP contribution is 2.27. The highest BCUT2D eigenvalue weighted by atomic mass is 32.2. The predicted octanol–water partition coefficient (Wildman–Crippen LogP) is 2.56. The summed E-state index contributed by atoms with van der Waals surface area (Å²) in [5.74, 6) is -0.449. The molecule has 1 aliphatic rings. The van der Waals surface area contributed by atoms with Crippen LogP contribution in [0.5, 0.6) is 0 Å². The number of sulfonamides is 2. The maximum absolute atomic E-state index is 13.0. The lowest BCUT2D eigenvalue weighted by molar-refractivity contribution is 0.574. The van der Waals surface area contributed by atoms with Gasteiger partial charge in [0, 0.05) is 6.54 Å². The molecule has 9 heteroatoms. The van der Waals surface area contributed by atoms with Gasteiger partial charge in [0.15, 0.2) is 0 Å². The fraction of sp³-hybridized carbons (Fsp3) is 0.250. The van der Waals surface area contributed by atoms with Crippen molar-refractivity contribution < 1.29 is 21.2 Å². The minimum absolute atomic E-state index is 0.0788. The van der Waals surface area contributed by atoms with E-state index in [1.165, 1.54) is 16.4 Å². The number of nitrogens with zero attached hydrogens (tertiary/aromatic N) is 1. The van der Waals surface area contributed by atoms with E-state index in [4.69, 9.17) is 0 Å². The molecule has 0 unspecified atom stereocenters. The molecule has 0 bridgehead atoms. The number of anilines is 2. The van der Waals surface area contributed by atoms with E-state index >= 15 is 0 Å². The number of benzene rings is 2. The van der Waals surface area contributed by atoms with Crippen LogP contribution in [0.25, 0.3) is 0 Å². The summed E-state index contributed by atoms with van der Waals surface area (Å²) in [7, 11) is -7.27. The van der Waals surface area contributed by atoms with Crippen molar-refractivity contribution in [3.05, 3.63) is 54.3 Å². The maximum atomic E-state index is 13.0. The van der Waals surface area contributed by atoms with Crippen LogP contribution in [0.4, 0.5) is 15.8 Å². The zero-order valence-electron chi connectivity index (χ0n) is 13.2. The van der Waals surface area contributed by atoms with E-state index in [2.05, 4.69) is 4.72 Å². The summed E-state index contributed by atoms with van der Waals surface area (Å²) in [6.45, 7) is 0.372. The van der Waals surface area contributed by atoms with E-state index < -0.39 is 25.9 Å². The van der Waals surface area contributed by atoms with Crippen molar-refractivity contribution in [1.82, 2.24) is 0 Å². The lowest BCUT2D eigenvalue weighted by atomic mass is 10.2. The van der Waals surface area contributed by atoms with Crippen LogP contribution in [0.2, 0.25) is 0 Å². The second-order valence-electron chi connectivity index (χ2n) is 5.70. The molecule has 1 heterocycles. The standard InChI is InChI=1S/C16H17FN2O4S2/c17-13-6-8-16(9-7-13)25(22,23)18-14-4-3-5-15(12-14)19-10-1-2-11-24(19,20)21/h3-9,12,18H,1-2,10-11H2. The third-order valence-corrected chi connectivity index (χ3v) is 7.13. The van der Waals surface area contributed by atoms with Crippen LogP contribution in [0.15, 0.2) is 53.4 Å². The second kappa shape index (κ2) is 6.64. The zero-order valence-corrected chi connectivity index (χ0v) is 14.9. The summed E-state index contributed by atoms with van der Waals surface area (Å²) in [5.41, 5.74) is 0.654. The number of halogens is 1. The van der Waals surface area contributed by atoms with Crippen molar-refractivity contribution in [1.29, 1.82) is 0 Å². The van der Waals surface area contributed by atoms with Crippen molar-refractivity contribution >= 4 is 31.4 Å². The summed E-state index contributed by atoms with van der Waals surface area (Å²) in [5, 5.41) is 0. The van der Waals surface area contributed by atoms with Crippen LogP contribution in [0.3, 0.4) is 0 Å². The van der Waals surface area contributed by atoms with Crippen LogP contribution >= 0.6 is 0 Å². The van der Waals surface area contributed by atoms with E-state index in [1.54, 1.807) is 12.1 Å². The third-order valence-electron chi connectivity index (χ3n) is 3.86. The molecule has 6 nitrogen and oxygen atoms in total. The molecular weight excluding hydrogens is 367 g/mol. The van der Waals surface area contributed by atoms with Gasteiger partial charge in [-0.2, -0.15) is 0 Å². The molecule has 2 aromatic carbocycles. The highest BCUT2D eigenvalue weighted by Gasteiger charge is 2.26. The normalized spacial score (nSPS) is 17.2. The average molecular weight is 384 g/mol. The SMILES string of the molecule is O=S(=O)(Nc1cccc(N2CCCCS2(=O)=O)c1)c1ccc(F)cc1. The van der Waals surface area contributed by atoms with Crippen LogP contribution in [0, 0.1) is 5.82 Å². The topological polar surface area (TPSA) is 83.6 Å². The fourth-order valence-corrected chi connectivity index (χ4v) is 5.31. The molecule has 2 aromatic rings. The Bertz CT molecular complexity index is 973. The Morgan fingerprint density at radius 1 is 1.04 bits per heavy atom. The van der Waals surface area contributed by atoms with Crippen LogP contribution in [-0.2, 0) is 20.0 Å². The summed E-state index contributed by atoms with van der Waals surface area (Å²) in [6, 6.07) is 10.7. The first-order chi connectivity index (χ1) is 11.8. The molecular formula is C16H17FN2O4S2. The molecule has 1 saturated heterocycles. The molecule has 3 rings (SSSR count). The molecule has 1 aliphatic heterocycles. The fourth-order valence-electron chi connectivity index (χ4n) is 2.63. The molecule has 1 fully saturated rings. The molecule has 0 aliphatic carbocycles. The van der Waals surface area contributed by atoms with Gasteiger partial charge in [0.2, 0.25) is 10.0 Å². The molecule has 25 heavy (non-hydrogen) atoms. The summed E-state index contributed by atoms with van der Waals surface area (Å²) >= 11 is 0. The van der Waals surface area contributed by atoms with Gasteiger partial charge in [-0.3, -0.25) is 9.03 Å². The molecule has 0 atom stereocenters. The Kier molecular flexibility index (Phi) is 4.70. The van der Waals surface area contributed by atoms with Gasteiger partial charge in [-0.25, -0.2) is 21.2 Å². The number of nitrogens with one attached hydrogen (secondary N) is 1. The lowest BCUT2D eigenvalue weighted by Crippen LogP contribution is -2.37. The van der Waals surface area contributed by atoms with Gasteiger partial charge in [-0.05, 0) is 55.3 Å². The van der Waals surface area contributed by atoms with E-state index in [-0.39, 0.29) is 16.3 Å². The summed E-state index contributed by atoms with van der Waals surface area (Å²) in [6.07, 6.45) is 1.38. The lowest BCUT2D eigenvalue weighted by Gasteiger charge is -2.28. The minimum atomic E-state index is -3.89. The highest BCUT2D eigenvalue weighted by molar-refractivity contribution is 7.93. The largest absolute Gasteiger partial charge is 0.280 e. The van der Waals surface area contributed by atoms with Crippen molar-refractivity contribution in [3.63, 3.8) is 0 Å². The van der Waals surface area contributed by atoms with Gasteiger partial charge >= 0.3 is 0 Å². The van der Waals surface area contributed by atoms with E-state index in [1.807, 2.05) is 0 Å². The number of hydrogen-bond donors (Lipinski definition) is 1. The van der Waals surface area contributed by atoms with Crippen molar-refractivity contribution in [2.45, 2.75) is 17.7 Å². The van der Waals surface area contributed by atoms with Crippen molar-refractivity contribution in [2.24, 2.45) is 0 Å². The van der Waals surface area contributed by atoms with Crippen molar-refractivity contribution in [3.8, 4) is 0 Å². The second-order valence-corrected chi connectivity index (χ2v) is 9.40. The Balaban J connectivity index is 1.88. The van der Waals surface area contributed by atoms with Crippen LogP contribution < -0.4 is 9.03 Å². The summed E-state index contributed by atoms with van der Waals surface area (Å²) < 4.78 is 65.7. The minimum Gasteiger partial charge on any atom is -0.280 e.